The summed E-state index contributed by atoms with van der Waals surface area (Å²) in [5.41, 5.74) is 0.891. The van der Waals surface area contributed by atoms with E-state index in [4.69, 9.17) is 9.47 Å². The number of hydrogen-bond acceptors (Lipinski definition) is 5. The number of fused-ring (bicyclic) bond motifs is 1. The lowest BCUT2D eigenvalue weighted by atomic mass is 9.74. The summed E-state index contributed by atoms with van der Waals surface area (Å²) in [5, 5.41) is 0.765. The number of hydrogen-bond donors (Lipinski definition) is 0. The molecular weight excluding hydrogens is 353 g/mol. The number of para-hydroxylation sites is 1. The average molecular weight is 371 g/mol. The van der Waals surface area contributed by atoms with Crippen LogP contribution in [0.1, 0.15) is 23.4 Å². The van der Waals surface area contributed by atoms with Gasteiger partial charge in [0.05, 0.1) is 15.6 Å². The third-order valence-electron chi connectivity index (χ3n) is 4.80. The summed E-state index contributed by atoms with van der Waals surface area (Å²) in [5.74, 6) is -0.620. The molecule has 1 aliphatic heterocycles. The van der Waals surface area contributed by atoms with Gasteiger partial charge in [0.1, 0.15) is 17.4 Å². The van der Waals surface area contributed by atoms with Crippen LogP contribution in [0.15, 0.2) is 48.5 Å². The van der Waals surface area contributed by atoms with Gasteiger partial charge in [-0.1, -0.05) is 24.3 Å². The highest BCUT2D eigenvalue weighted by Gasteiger charge is 2.43. The first-order valence-corrected chi connectivity index (χ1v) is 9.34. The van der Waals surface area contributed by atoms with Crippen molar-refractivity contribution in [1.29, 1.82) is 0 Å². The van der Waals surface area contributed by atoms with Crippen molar-refractivity contribution >= 4 is 27.5 Å². The molecule has 1 saturated heterocycles. The van der Waals surface area contributed by atoms with Gasteiger partial charge in [0.15, 0.2) is 0 Å². The SMILES string of the molecule is O=C(OCc1nc2ccccc2s1)C1(c2ccc(F)cc2)CCOCC1. The minimum atomic E-state index is -0.789. The van der Waals surface area contributed by atoms with E-state index in [2.05, 4.69) is 4.98 Å². The van der Waals surface area contributed by atoms with Crippen LogP contribution in [0.3, 0.4) is 0 Å². The molecule has 0 atom stereocenters. The van der Waals surface area contributed by atoms with E-state index >= 15 is 0 Å². The monoisotopic (exact) mass is 371 g/mol. The third-order valence-corrected chi connectivity index (χ3v) is 5.81. The molecule has 0 bridgehead atoms. The van der Waals surface area contributed by atoms with Gasteiger partial charge in [0.25, 0.3) is 0 Å². The van der Waals surface area contributed by atoms with Gasteiger partial charge in [-0.3, -0.25) is 4.79 Å². The van der Waals surface area contributed by atoms with Crippen LogP contribution >= 0.6 is 11.3 Å². The number of benzene rings is 2. The van der Waals surface area contributed by atoms with Gasteiger partial charge in [-0.15, -0.1) is 11.3 Å². The second kappa shape index (κ2) is 7.13. The fourth-order valence-corrected chi connectivity index (χ4v) is 4.23. The van der Waals surface area contributed by atoms with Gasteiger partial charge in [-0.25, -0.2) is 9.37 Å². The topological polar surface area (TPSA) is 48.4 Å². The fourth-order valence-electron chi connectivity index (χ4n) is 3.35. The molecule has 26 heavy (non-hydrogen) atoms. The quantitative estimate of drug-likeness (QED) is 0.644. The van der Waals surface area contributed by atoms with Crippen LogP contribution in [0.5, 0.6) is 0 Å². The van der Waals surface area contributed by atoms with E-state index in [-0.39, 0.29) is 18.4 Å². The zero-order valence-electron chi connectivity index (χ0n) is 14.1. The molecule has 4 nitrogen and oxygen atoms in total. The van der Waals surface area contributed by atoms with E-state index in [0.717, 1.165) is 20.8 Å². The van der Waals surface area contributed by atoms with Crippen LogP contribution in [0.4, 0.5) is 4.39 Å². The fraction of sp³-hybridized carbons (Fsp3) is 0.300. The zero-order valence-corrected chi connectivity index (χ0v) is 14.9. The summed E-state index contributed by atoms with van der Waals surface area (Å²) in [6.45, 7) is 1.10. The number of aromatic nitrogens is 1. The highest BCUT2D eigenvalue weighted by molar-refractivity contribution is 7.18. The number of halogens is 1. The molecule has 1 aliphatic rings. The summed E-state index contributed by atoms with van der Waals surface area (Å²) < 4.78 is 25.4. The Morgan fingerprint density at radius 3 is 2.62 bits per heavy atom. The predicted octanol–water partition coefficient (Wildman–Crippen LogP) is 4.23. The van der Waals surface area contributed by atoms with Gasteiger partial charge in [0.2, 0.25) is 0 Å². The molecule has 0 unspecified atom stereocenters. The molecule has 0 radical (unpaired) electrons. The third kappa shape index (κ3) is 3.22. The molecule has 0 N–H and O–H groups in total. The summed E-state index contributed by atoms with van der Waals surface area (Å²) in [7, 11) is 0. The zero-order chi connectivity index (χ0) is 18.0. The van der Waals surface area contributed by atoms with Crippen LogP contribution in [0.25, 0.3) is 10.2 Å². The highest BCUT2D eigenvalue weighted by Crippen LogP contribution is 2.36. The number of esters is 1. The van der Waals surface area contributed by atoms with Crippen LogP contribution in [-0.2, 0) is 26.3 Å². The first-order chi connectivity index (χ1) is 12.7. The molecule has 0 saturated carbocycles. The maximum atomic E-state index is 13.3. The number of rotatable bonds is 4. The largest absolute Gasteiger partial charge is 0.458 e. The van der Waals surface area contributed by atoms with Crippen molar-refractivity contribution in [3.8, 4) is 0 Å². The van der Waals surface area contributed by atoms with E-state index in [1.54, 1.807) is 12.1 Å². The maximum absolute atomic E-state index is 13.3. The molecular formula is C20H18FNO3S. The molecule has 1 fully saturated rings. The maximum Gasteiger partial charge on any atom is 0.317 e. The average Bonchev–Trinajstić information content (AvgIpc) is 3.10. The van der Waals surface area contributed by atoms with Gasteiger partial charge in [-0.05, 0) is 42.7 Å². The number of thiazole rings is 1. The Balaban J connectivity index is 1.55. The Morgan fingerprint density at radius 2 is 1.88 bits per heavy atom. The van der Waals surface area contributed by atoms with E-state index in [1.165, 1.54) is 23.5 Å². The summed E-state index contributed by atoms with van der Waals surface area (Å²) in [6, 6.07) is 13.9. The number of nitrogens with zero attached hydrogens (tertiary/aromatic N) is 1. The van der Waals surface area contributed by atoms with Gasteiger partial charge >= 0.3 is 5.97 Å². The molecule has 1 aromatic heterocycles. The summed E-state index contributed by atoms with van der Waals surface area (Å²) in [4.78, 5) is 17.5. The van der Waals surface area contributed by atoms with Crippen molar-refractivity contribution in [3.63, 3.8) is 0 Å². The molecule has 3 aromatic rings. The number of carbonyl (C=O) groups excluding carboxylic acids is 1. The molecule has 2 heterocycles. The van der Waals surface area contributed by atoms with Crippen LogP contribution in [-0.4, -0.2) is 24.2 Å². The Bertz CT molecular complexity index is 883. The van der Waals surface area contributed by atoms with Gasteiger partial charge < -0.3 is 9.47 Å². The lowest BCUT2D eigenvalue weighted by Gasteiger charge is -2.35. The van der Waals surface area contributed by atoms with Crippen LogP contribution < -0.4 is 0 Å². The molecule has 6 heteroatoms. The first-order valence-electron chi connectivity index (χ1n) is 8.53. The second-order valence-electron chi connectivity index (χ2n) is 6.35. The molecule has 134 valence electrons. The molecule has 0 spiro atoms. The van der Waals surface area contributed by atoms with Gasteiger partial charge in [0, 0.05) is 13.2 Å². The standard InChI is InChI=1S/C20H18FNO3S/c21-15-7-5-14(6-8-15)20(9-11-24-12-10-20)19(23)25-13-18-22-16-3-1-2-4-17(16)26-18/h1-8H,9-13H2. The summed E-state index contributed by atoms with van der Waals surface area (Å²) in [6.07, 6.45) is 1.05. The minimum absolute atomic E-state index is 0.141. The number of ether oxygens (including phenoxy) is 2. The first kappa shape index (κ1) is 17.1. The van der Waals surface area contributed by atoms with Crippen molar-refractivity contribution in [3.05, 3.63) is 64.9 Å². The van der Waals surface area contributed by atoms with Crippen molar-refractivity contribution < 1.29 is 18.7 Å². The van der Waals surface area contributed by atoms with E-state index in [1.807, 2.05) is 24.3 Å². The van der Waals surface area contributed by atoms with Crippen LogP contribution in [0, 0.1) is 5.82 Å². The molecule has 0 amide bonds. The lowest BCUT2D eigenvalue weighted by molar-refractivity contribution is -0.156. The normalized spacial score (nSPS) is 16.5. The Kier molecular flexibility index (Phi) is 4.70. The minimum Gasteiger partial charge on any atom is -0.458 e. The molecule has 4 rings (SSSR count). The Labute approximate surface area is 154 Å². The second-order valence-corrected chi connectivity index (χ2v) is 7.47. The van der Waals surface area contributed by atoms with Crippen molar-refractivity contribution in [1.82, 2.24) is 4.98 Å². The highest BCUT2D eigenvalue weighted by atomic mass is 32.1. The van der Waals surface area contributed by atoms with Crippen LogP contribution in [0.2, 0.25) is 0 Å². The predicted molar refractivity (Wildman–Crippen MR) is 97.5 cm³/mol. The van der Waals surface area contributed by atoms with E-state index in [9.17, 15) is 9.18 Å². The van der Waals surface area contributed by atoms with Crippen molar-refractivity contribution in [2.45, 2.75) is 24.9 Å². The van der Waals surface area contributed by atoms with Gasteiger partial charge in [-0.2, -0.15) is 0 Å². The van der Waals surface area contributed by atoms with Crippen molar-refractivity contribution in [2.75, 3.05) is 13.2 Å². The molecule has 2 aromatic carbocycles. The van der Waals surface area contributed by atoms with Crippen molar-refractivity contribution in [2.24, 2.45) is 0 Å². The summed E-state index contributed by atoms with van der Waals surface area (Å²) >= 11 is 1.52. The van der Waals surface area contributed by atoms with E-state index < -0.39 is 5.41 Å². The lowest BCUT2D eigenvalue weighted by Crippen LogP contribution is -2.42. The Hall–Kier alpha value is -2.31. The Morgan fingerprint density at radius 1 is 1.15 bits per heavy atom. The molecule has 0 aliphatic carbocycles. The number of carbonyl (C=O) groups is 1. The smallest absolute Gasteiger partial charge is 0.317 e. The van der Waals surface area contributed by atoms with E-state index in [0.29, 0.717) is 26.1 Å².